The minimum absolute atomic E-state index is 0.227. The molecule has 0 bridgehead atoms. The number of nitrogens with one attached hydrogen (secondary N) is 1. The van der Waals surface area contributed by atoms with Crippen LogP contribution in [0.2, 0.25) is 0 Å². The van der Waals surface area contributed by atoms with Gasteiger partial charge in [-0.25, -0.2) is 9.59 Å². The zero-order chi connectivity index (χ0) is 26.6. The first-order chi connectivity index (χ1) is 17.7. The van der Waals surface area contributed by atoms with Crippen LogP contribution in [0.25, 0.3) is 11.1 Å². The van der Waals surface area contributed by atoms with Crippen molar-refractivity contribution in [2.75, 3.05) is 25.5 Å². The molecule has 2 aromatic rings. The van der Waals surface area contributed by atoms with Crippen molar-refractivity contribution in [2.24, 2.45) is 0 Å². The molecule has 196 valence electrons. The molecule has 8 nitrogen and oxygen atoms in total. The first-order valence-electron chi connectivity index (χ1n) is 12.9. The number of nitriles is 1. The Morgan fingerprint density at radius 2 is 1.84 bits per heavy atom. The van der Waals surface area contributed by atoms with E-state index in [2.05, 4.69) is 17.5 Å². The maximum Gasteiger partial charge on any atom is 0.409 e. The van der Waals surface area contributed by atoms with Gasteiger partial charge in [0.15, 0.2) is 0 Å². The lowest BCUT2D eigenvalue weighted by Crippen LogP contribution is -2.55. The van der Waals surface area contributed by atoms with Gasteiger partial charge in [-0.2, -0.15) is 5.26 Å². The van der Waals surface area contributed by atoms with Crippen LogP contribution in [0.1, 0.15) is 60.8 Å². The van der Waals surface area contributed by atoms with E-state index in [9.17, 15) is 20.0 Å². The van der Waals surface area contributed by atoms with Crippen molar-refractivity contribution >= 4 is 17.7 Å². The van der Waals surface area contributed by atoms with Crippen LogP contribution in [0.3, 0.4) is 0 Å². The highest BCUT2D eigenvalue weighted by Crippen LogP contribution is 2.36. The van der Waals surface area contributed by atoms with E-state index in [1.54, 1.807) is 0 Å². The summed E-state index contributed by atoms with van der Waals surface area (Å²) in [6.45, 7) is 4.97. The Morgan fingerprint density at radius 3 is 2.46 bits per heavy atom. The lowest BCUT2D eigenvalue weighted by molar-refractivity contribution is -0.144. The number of carbonyl (C=O) groups is 2. The lowest BCUT2D eigenvalue weighted by atomic mass is 9.86. The average molecular weight is 506 g/mol. The SMILES string of the molecule is COC(=O)N1CCC(Nc2cc(C)c(-c3cc(C)cc(C#N)c3)c(COC3CCCC3)c2)(C(=O)O)CC1. The van der Waals surface area contributed by atoms with Crippen LogP contribution in [0.5, 0.6) is 0 Å². The molecule has 1 saturated heterocycles. The Bertz CT molecular complexity index is 1200. The fourth-order valence-electron chi connectivity index (χ4n) is 5.58. The number of likely N-dealkylation sites (tertiary alicyclic amines) is 1. The molecule has 0 aromatic heterocycles. The van der Waals surface area contributed by atoms with Gasteiger partial charge in [0.25, 0.3) is 0 Å². The molecule has 1 amide bonds. The summed E-state index contributed by atoms with van der Waals surface area (Å²) in [5.74, 6) is -0.945. The van der Waals surface area contributed by atoms with Gasteiger partial charge >= 0.3 is 12.1 Å². The van der Waals surface area contributed by atoms with Gasteiger partial charge in [0, 0.05) is 18.8 Å². The van der Waals surface area contributed by atoms with E-state index in [-0.39, 0.29) is 18.9 Å². The fraction of sp³-hybridized carbons (Fsp3) is 0.483. The van der Waals surface area contributed by atoms with Gasteiger partial charge in [-0.3, -0.25) is 0 Å². The van der Waals surface area contributed by atoms with Crippen LogP contribution in [0.15, 0.2) is 30.3 Å². The molecule has 37 heavy (non-hydrogen) atoms. The van der Waals surface area contributed by atoms with Gasteiger partial charge in [-0.05, 0) is 91.6 Å². The molecule has 8 heteroatoms. The molecule has 0 radical (unpaired) electrons. The lowest BCUT2D eigenvalue weighted by Gasteiger charge is -2.39. The average Bonchev–Trinajstić information content (AvgIpc) is 3.40. The number of anilines is 1. The Labute approximate surface area is 218 Å². The van der Waals surface area contributed by atoms with Crippen molar-refractivity contribution in [1.82, 2.24) is 4.90 Å². The highest BCUT2D eigenvalue weighted by molar-refractivity contribution is 5.84. The predicted molar refractivity (Wildman–Crippen MR) is 140 cm³/mol. The number of aryl methyl sites for hydroxylation is 2. The summed E-state index contributed by atoms with van der Waals surface area (Å²) in [6, 6.07) is 12.0. The van der Waals surface area contributed by atoms with E-state index in [4.69, 9.17) is 9.47 Å². The largest absolute Gasteiger partial charge is 0.480 e. The number of nitrogens with zero attached hydrogens (tertiary/aromatic N) is 2. The highest BCUT2D eigenvalue weighted by atomic mass is 16.5. The van der Waals surface area contributed by atoms with Crippen LogP contribution in [-0.2, 0) is 20.9 Å². The fourth-order valence-corrected chi connectivity index (χ4v) is 5.58. The van der Waals surface area contributed by atoms with E-state index in [1.165, 1.54) is 24.9 Å². The molecule has 1 aliphatic heterocycles. The standard InChI is InChI=1S/C29H35N3O5/c1-19-12-21(17-30)15-22(13-19)26-20(2)14-24(16-23(26)18-37-25-6-4-5-7-25)31-29(27(33)34)8-10-32(11-9-29)28(35)36-3/h12-16,25,31H,4-11,18H2,1-3H3,(H,33,34). The molecule has 2 N–H and O–H groups in total. The van der Waals surface area contributed by atoms with Crippen molar-refractivity contribution in [2.45, 2.75) is 70.6 Å². The van der Waals surface area contributed by atoms with Crippen LogP contribution in [0, 0.1) is 25.2 Å². The molecular formula is C29H35N3O5. The van der Waals surface area contributed by atoms with Gasteiger partial charge in [0.05, 0.1) is 31.5 Å². The second-order valence-corrected chi connectivity index (χ2v) is 10.2. The van der Waals surface area contributed by atoms with E-state index >= 15 is 0 Å². The molecule has 2 aromatic carbocycles. The minimum Gasteiger partial charge on any atom is -0.480 e. The number of hydrogen-bond donors (Lipinski definition) is 2. The quantitative estimate of drug-likeness (QED) is 0.518. The van der Waals surface area contributed by atoms with Crippen molar-refractivity contribution in [1.29, 1.82) is 5.26 Å². The molecule has 2 aliphatic rings. The van der Waals surface area contributed by atoms with Crippen molar-refractivity contribution in [3.8, 4) is 17.2 Å². The van der Waals surface area contributed by atoms with Gasteiger partial charge in [0.1, 0.15) is 5.54 Å². The summed E-state index contributed by atoms with van der Waals surface area (Å²) < 4.78 is 11.1. The molecule has 4 rings (SSSR count). The van der Waals surface area contributed by atoms with Crippen molar-refractivity contribution in [3.05, 3.63) is 52.6 Å². The second-order valence-electron chi connectivity index (χ2n) is 10.2. The van der Waals surface area contributed by atoms with Gasteiger partial charge in [0.2, 0.25) is 0 Å². The molecule has 2 fully saturated rings. The topological polar surface area (TPSA) is 112 Å². The van der Waals surface area contributed by atoms with E-state index in [1.807, 2.05) is 38.1 Å². The third-order valence-corrected chi connectivity index (χ3v) is 7.53. The molecule has 0 unspecified atom stereocenters. The molecule has 0 atom stereocenters. The third-order valence-electron chi connectivity index (χ3n) is 7.53. The predicted octanol–water partition coefficient (Wildman–Crippen LogP) is 5.40. The molecule has 1 saturated carbocycles. The van der Waals surface area contributed by atoms with Gasteiger partial charge < -0.3 is 24.8 Å². The monoisotopic (exact) mass is 505 g/mol. The number of benzene rings is 2. The first kappa shape index (κ1) is 26.5. The zero-order valence-corrected chi connectivity index (χ0v) is 21.8. The van der Waals surface area contributed by atoms with Crippen LogP contribution < -0.4 is 5.32 Å². The smallest absolute Gasteiger partial charge is 0.409 e. The maximum atomic E-state index is 12.4. The Morgan fingerprint density at radius 1 is 1.14 bits per heavy atom. The van der Waals surface area contributed by atoms with Crippen LogP contribution in [-0.4, -0.2) is 53.9 Å². The number of carbonyl (C=O) groups excluding carboxylic acids is 1. The second kappa shape index (κ2) is 11.2. The third kappa shape index (κ3) is 5.89. The van der Waals surface area contributed by atoms with E-state index in [0.29, 0.717) is 30.9 Å². The number of carboxylic acids is 1. The summed E-state index contributed by atoms with van der Waals surface area (Å²) in [5, 5.41) is 23.0. The summed E-state index contributed by atoms with van der Waals surface area (Å²) in [4.78, 5) is 25.9. The number of hydrogen-bond acceptors (Lipinski definition) is 6. The van der Waals surface area contributed by atoms with Crippen molar-refractivity contribution < 1.29 is 24.2 Å². The number of ether oxygens (including phenoxy) is 2. The summed E-state index contributed by atoms with van der Waals surface area (Å²) in [7, 11) is 1.33. The first-order valence-corrected chi connectivity index (χ1v) is 12.9. The summed E-state index contributed by atoms with van der Waals surface area (Å²) >= 11 is 0. The zero-order valence-electron chi connectivity index (χ0n) is 21.8. The maximum absolute atomic E-state index is 12.4. The van der Waals surface area contributed by atoms with Gasteiger partial charge in [-0.15, -0.1) is 0 Å². The Hall–Kier alpha value is -3.57. The van der Waals surface area contributed by atoms with Crippen molar-refractivity contribution in [3.63, 3.8) is 0 Å². The number of rotatable bonds is 7. The Kier molecular flexibility index (Phi) is 8.03. The number of piperidine rings is 1. The normalized spacial score (nSPS) is 17.3. The number of aliphatic carboxylic acids is 1. The molecule has 1 aliphatic carbocycles. The Balaban J connectivity index is 1.68. The summed E-state index contributed by atoms with van der Waals surface area (Å²) in [5.41, 5.74) is 4.99. The number of methoxy groups -OCH3 is 1. The molecule has 1 heterocycles. The van der Waals surface area contributed by atoms with Crippen LogP contribution >= 0.6 is 0 Å². The number of carboxylic acid groups (broad SMARTS) is 1. The number of amides is 1. The van der Waals surface area contributed by atoms with Crippen LogP contribution in [0.4, 0.5) is 10.5 Å². The molecular weight excluding hydrogens is 470 g/mol. The van der Waals surface area contributed by atoms with E-state index in [0.717, 1.165) is 40.7 Å². The highest BCUT2D eigenvalue weighted by Gasteiger charge is 2.43. The van der Waals surface area contributed by atoms with Gasteiger partial charge in [-0.1, -0.05) is 18.9 Å². The summed E-state index contributed by atoms with van der Waals surface area (Å²) in [6.07, 6.45) is 4.74. The van der Waals surface area contributed by atoms with E-state index < -0.39 is 17.6 Å². The minimum atomic E-state index is -1.20. The molecule has 0 spiro atoms.